The van der Waals surface area contributed by atoms with Crippen molar-refractivity contribution >= 4 is 32.6 Å². The number of hydrogen-bond donors (Lipinski definition) is 1. The number of carbonyl (C=O) groups excluding carboxylic acids is 1. The van der Waals surface area contributed by atoms with E-state index in [-0.39, 0.29) is 34.4 Å². The van der Waals surface area contributed by atoms with Gasteiger partial charge in [0.05, 0.1) is 14.2 Å². The monoisotopic (exact) mass is 458 g/mol. The molecule has 32 heavy (non-hydrogen) atoms. The number of anilines is 1. The lowest BCUT2D eigenvalue weighted by atomic mass is 9.92. The summed E-state index contributed by atoms with van der Waals surface area (Å²) in [4.78, 5) is 25.2. The first-order valence-corrected chi connectivity index (χ1v) is 11.7. The van der Waals surface area contributed by atoms with Crippen molar-refractivity contribution in [3.63, 3.8) is 0 Å². The van der Waals surface area contributed by atoms with Gasteiger partial charge >= 0.3 is 0 Å². The van der Waals surface area contributed by atoms with Crippen molar-refractivity contribution in [1.82, 2.24) is 15.0 Å². The average molecular weight is 459 g/mol. The predicted octanol–water partition coefficient (Wildman–Crippen LogP) is 3.49. The molecule has 0 fully saturated rings. The minimum Gasteiger partial charge on any atom is -0.497 e. The summed E-state index contributed by atoms with van der Waals surface area (Å²) in [6.07, 6.45) is 2.69. The second-order valence-electron chi connectivity index (χ2n) is 8.61. The van der Waals surface area contributed by atoms with Crippen LogP contribution in [0.3, 0.4) is 0 Å². The van der Waals surface area contributed by atoms with Crippen LogP contribution in [-0.4, -0.2) is 49.8 Å². The summed E-state index contributed by atoms with van der Waals surface area (Å²) in [6, 6.07) is 7.06. The highest BCUT2D eigenvalue weighted by molar-refractivity contribution is 7.90. The number of sulfone groups is 1. The van der Waals surface area contributed by atoms with E-state index in [9.17, 15) is 13.2 Å². The number of methoxy groups -OCH3 is 2. The highest BCUT2D eigenvalue weighted by atomic mass is 32.2. The largest absolute Gasteiger partial charge is 0.497 e. The van der Waals surface area contributed by atoms with Crippen LogP contribution in [-0.2, 0) is 14.6 Å². The van der Waals surface area contributed by atoms with E-state index in [0.29, 0.717) is 28.0 Å². The van der Waals surface area contributed by atoms with Gasteiger partial charge in [-0.2, -0.15) is 4.98 Å². The van der Waals surface area contributed by atoms with Crippen LogP contribution in [0.5, 0.6) is 11.5 Å². The molecule has 2 aromatic heterocycles. The zero-order chi connectivity index (χ0) is 23.7. The third-order valence-electron chi connectivity index (χ3n) is 4.49. The Morgan fingerprint density at radius 1 is 1.03 bits per heavy atom. The molecule has 170 valence electrons. The van der Waals surface area contributed by atoms with Crippen molar-refractivity contribution < 1.29 is 22.7 Å². The van der Waals surface area contributed by atoms with Crippen LogP contribution in [0.15, 0.2) is 35.6 Å². The van der Waals surface area contributed by atoms with Crippen molar-refractivity contribution in [3.05, 3.63) is 30.5 Å². The van der Waals surface area contributed by atoms with Gasteiger partial charge in [-0.25, -0.2) is 18.4 Å². The minimum atomic E-state index is -3.62. The normalized spacial score (nSPS) is 11.9. The Hall–Kier alpha value is -3.27. The molecule has 10 heteroatoms. The maximum atomic E-state index is 12.7. The van der Waals surface area contributed by atoms with E-state index in [2.05, 4.69) is 20.3 Å². The fraction of sp³-hybridized carbons (Fsp3) is 0.364. The Bertz CT molecular complexity index is 1260. The SMILES string of the molecule is COc1cc(OC)cc(-c2cc3cnc(S(C)(=O)=O)nc3nc2NC(=O)CC(C)(C)C)c1. The van der Waals surface area contributed by atoms with Crippen molar-refractivity contribution in [3.8, 4) is 22.6 Å². The zero-order valence-electron chi connectivity index (χ0n) is 18.9. The second kappa shape index (κ2) is 8.70. The van der Waals surface area contributed by atoms with E-state index in [1.165, 1.54) is 6.20 Å². The molecule has 0 aliphatic rings. The van der Waals surface area contributed by atoms with Crippen LogP contribution in [0.25, 0.3) is 22.2 Å². The zero-order valence-corrected chi connectivity index (χ0v) is 19.7. The Morgan fingerprint density at radius 2 is 1.66 bits per heavy atom. The lowest BCUT2D eigenvalue weighted by Crippen LogP contribution is -2.20. The summed E-state index contributed by atoms with van der Waals surface area (Å²) in [5, 5.41) is 3.03. The summed E-state index contributed by atoms with van der Waals surface area (Å²) < 4.78 is 34.5. The molecule has 0 aliphatic heterocycles. The number of benzene rings is 1. The molecule has 2 heterocycles. The van der Waals surface area contributed by atoms with Gasteiger partial charge in [0.2, 0.25) is 20.9 Å². The van der Waals surface area contributed by atoms with Gasteiger partial charge in [-0.05, 0) is 29.2 Å². The number of aromatic nitrogens is 3. The first kappa shape index (κ1) is 23.4. The molecule has 0 atom stereocenters. The smallest absolute Gasteiger partial charge is 0.248 e. The van der Waals surface area contributed by atoms with Gasteiger partial charge in [0.25, 0.3) is 0 Å². The Labute approximate surface area is 187 Å². The number of rotatable bonds is 6. The lowest BCUT2D eigenvalue weighted by Gasteiger charge is -2.18. The van der Waals surface area contributed by atoms with Gasteiger partial charge < -0.3 is 14.8 Å². The quantitative estimate of drug-likeness (QED) is 0.557. The molecule has 0 spiro atoms. The molecule has 3 aromatic rings. The average Bonchev–Trinajstić information content (AvgIpc) is 2.70. The molecule has 0 aliphatic carbocycles. The summed E-state index contributed by atoms with van der Waals surface area (Å²) in [5.74, 6) is 1.16. The van der Waals surface area contributed by atoms with E-state index >= 15 is 0 Å². The molecule has 3 rings (SSSR count). The molecular weight excluding hydrogens is 432 g/mol. The second-order valence-corrected chi connectivity index (χ2v) is 10.5. The maximum absolute atomic E-state index is 12.7. The van der Waals surface area contributed by atoms with E-state index in [0.717, 1.165) is 6.26 Å². The summed E-state index contributed by atoms with van der Waals surface area (Å²) in [6.45, 7) is 5.87. The fourth-order valence-electron chi connectivity index (χ4n) is 3.06. The molecule has 9 nitrogen and oxygen atoms in total. The number of fused-ring (bicyclic) bond motifs is 1. The van der Waals surface area contributed by atoms with Gasteiger partial charge in [-0.15, -0.1) is 0 Å². The summed E-state index contributed by atoms with van der Waals surface area (Å²) in [5.41, 5.74) is 1.21. The van der Waals surface area contributed by atoms with Crippen LogP contribution in [0.2, 0.25) is 0 Å². The first-order chi connectivity index (χ1) is 14.9. The molecule has 1 aromatic carbocycles. The minimum absolute atomic E-state index is 0.157. The Balaban J connectivity index is 2.22. The highest BCUT2D eigenvalue weighted by Crippen LogP contribution is 2.35. The van der Waals surface area contributed by atoms with Crippen LogP contribution in [0.1, 0.15) is 27.2 Å². The van der Waals surface area contributed by atoms with Crippen LogP contribution in [0.4, 0.5) is 5.82 Å². The van der Waals surface area contributed by atoms with Gasteiger partial charge in [0.15, 0.2) is 5.65 Å². The van der Waals surface area contributed by atoms with Crippen molar-refractivity contribution in [1.29, 1.82) is 0 Å². The van der Waals surface area contributed by atoms with Crippen molar-refractivity contribution in [2.24, 2.45) is 5.41 Å². The van der Waals surface area contributed by atoms with Gasteiger partial charge in [0.1, 0.15) is 17.3 Å². The third-order valence-corrected chi connectivity index (χ3v) is 5.35. The topological polar surface area (TPSA) is 120 Å². The first-order valence-electron chi connectivity index (χ1n) is 9.81. The molecule has 1 amide bonds. The fourth-order valence-corrected chi connectivity index (χ4v) is 3.56. The Morgan fingerprint density at radius 3 is 2.19 bits per heavy atom. The molecule has 0 unspecified atom stereocenters. The molecular formula is C22H26N4O5S. The summed E-state index contributed by atoms with van der Waals surface area (Å²) in [7, 11) is -0.526. The van der Waals surface area contributed by atoms with Crippen LogP contribution in [0, 0.1) is 5.41 Å². The summed E-state index contributed by atoms with van der Waals surface area (Å²) >= 11 is 0. The number of nitrogens with zero attached hydrogens (tertiary/aromatic N) is 3. The number of hydrogen-bond acceptors (Lipinski definition) is 8. The van der Waals surface area contributed by atoms with Crippen LogP contribution >= 0.6 is 0 Å². The van der Waals surface area contributed by atoms with E-state index in [1.54, 1.807) is 38.5 Å². The third kappa shape index (κ3) is 5.50. The number of amides is 1. The lowest BCUT2D eigenvalue weighted by molar-refractivity contribution is -0.117. The van der Waals surface area contributed by atoms with Gasteiger partial charge in [-0.3, -0.25) is 4.79 Å². The van der Waals surface area contributed by atoms with E-state index in [1.807, 2.05) is 20.8 Å². The number of ether oxygens (including phenoxy) is 2. The molecule has 0 radical (unpaired) electrons. The Kier molecular flexibility index (Phi) is 6.36. The van der Waals surface area contributed by atoms with Crippen LogP contribution < -0.4 is 14.8 Å². The number of carbonyl (C=O) groups is 1. The maximum Gasteiger partial charge on any atom is 0.248 e. The molecule has 0 saturated heterocycles. The molecule has 0 bridgehead atoms. The predicted molar refractivity (Wildman–Crippen MR) is 122 cm³/mol. The molecule has 1 N–H and O–H groups in total. The van der Waals surface area contributed by atoms with E-state index < -0.39 is 9.84 Å². The highest BCUT2D eigenvalue weighted by Gasteiger charge is 2.20. The standard InChI is InChI=1S/C22H26N4O5S/c1-22(2,3)11-18(27)24-20-17(13-7-15(30-4)10-16(8-13)31-5)9-14-12-23-21(32(6,28)29)26-19(14)25-20/h7-10,12H,11H2,1-6H3,(H,23,24,25,26,27). The molecule has 0 saturated carbocycles. The van der Waals surface area contributed by atoms with Crippen molar-refractivity contribution in [2.45, 2.75) is 32.3 Å². The number of pyridine rings is 1. The number of nitrogens with one attached hydrogen (secondary N) is 1. The van der Waals surface area contributed by atoms with E-state index in [4.69, 9.17) is 9.47 Å². The van der Waals surface area contributed by atoms with Gasteiger partial charge in [0, 0.05) is 35.9 Å². The van der Waals surface area contributed by atoms with Gasteiger partial charge in [-0.1, -0.05) is 20.8 Å². The van der Waals surface area contributed by atoms with Crippen molar-refractivity contribution in [2.75, 3.05) is 25.8 Å².